The van der Waals surface area contributed by atoms with Gasteiger partial charge in [-0.15, -0.1) is 0 Å². The third-order valence-electron chi connectivity index (χ3n) is 3.79. The van der Waals surface area contributed by atoms with Gasteiger partial charge in [-0.1, -0.05) is 23.4 Å². The van der Waals surface area contributed by atoms with Gasteiger partial charge < -0.3 is 0 Å². The molecule has 0 saturated heterocycles. The molecule has 0 aliphatic heterocycles. The maximum atomic E-state index is 12.8. The summed E-state index contributed by atoms with van der Waals surface area (Å²) in [5.41, 5.74) is 2.96. The lowest BCUT2D eigenvalue weighted by molar-refractivity contribution is 0.585. The Morgan fingerprint density at radius 2 is 1.20 bits per heavy atom. The highest BCUT2D eigenvalue weighted by Gasteiger charge is 2.19. The SMILES string of the molecule is Cc1ccc(C)n1S(=O)(=O)c1ccc(C#Cc2ccc(Cl)cc2)cc1. The van der Waals surface area contributed by atoms with Gasteiger partial charge in [0.1, 0.15) is 0 Å². The highest BCUT2D eigenvalue weighted by Crippen LogP contribution is 2.19. The summed E-state index contributed by atoms with van der Waals surface area (Å²) >= 11 is 5.85. The van der Waals surface area contributed by atoms with E-state index in [1.54, 1.807) is 62.4 Å². The van der Waals surface area contributed by atoms with Crippen molar-refractivity contribution in [3.05, 3.63) is 88.2 Å². The van der Waals surface area contributed by atoms with Gasteiger partial charge in [0.25, 0.3) is 10.0 Å². The number of benzene rings is 2. The van der Waals surface area contributed by atoms with Gasteiger partial charge in [0.05, 0.1) is 4.90 Å². The van der Waals surface area contributed by atoms with Crippen LogP contribution in [0.3, 0.4) is 0 Å². The Balaban J connectivity index is 1.89. The molecule has 2 aromatic carbocycles. The molecular formula is C20H16ClNO2S. The molecular weight excluding hydrogens is 354 g/mol. The fraction of sp³-hybridized carbons (Fsp3) is 0.100. The predicted molar refractivity (Wildman–Crippen MR) is 100 cm³/mol. The highest BCUT2D eigenvalue weighted by atomic mass is 35.5. The van der Waals surface area contributed by atoms with E-state index >= 15 is 0 Å². The van der Waals surface area contributed by atoms with Crippen LogP contribution in [0.1, 0.15) is 22.5 Å². The van der Waals surface area contributed by atoms with Crippen molar-refractivity contribution >= 4 is 21.6 Å². The summed E-state index contributed by atoms with van der Waals surface area (Å²) in [6, 6.07) is 17.4. The standard InChI is InChI=1S/C20H16ClNO2S/c1-15-3-4-16(2)22(15)25(23,24)20-13-9-18(10-14-20)6-5-17-7-11-19(21)12-8-17/h3-4,7-14H,1-2H3. The minimum absolute atomic E-state index is 0.243. The van der Waals surface area contributed by atoms with Crippen LogP contribution in [0, 0.1) is 25.7 Å². The van der Waals surface area contributed by atoms with Gasteiger partial charge in [-0.25, -0.2) is 12.4 Å². The molecule has 0 unspecified atom stereocenters. The van der Waals surface area contributed by atoms with Crippen LogP contribution in [-0.2, 0) is 10.0 Å². The molecule has 25 heavy (non-hydrogen) atoms. The number of nitrogens with zero attached hydrogens (tertiary/aromatic N) is 1. The van der Waals surface area contributed by atoms with Gasteiger partial charge in [0.2, 0.25) is 0 Å². The second-order valence-corrected chi connectivity index (χ2v) is 7.89. The third kappa shape index (κ3) is 3.63. The van der Waals surface area contributed by atoms with E-state index in [1.807, 2.05) is 12.1 Å². The summed E-state index contributed by atoms with van der Waals surface area (Å²) in [6.07, 6.45) is 0. The van der Waals surface area contributed by atoms with E-state index < -0.39 is 10.0 Å². The zero-order chi connectivity index (χ0) is 18.0. The summed E-state index contributed by atoms with van der Waals surface area (Å²) in [4.78, 5) is 0.243. The third-order valence-corrected chi connectivity index (χ3v) is 5.97. The smallest absolute Gasteiger partial charge is 0.243 e. The number of halogens is 1. The first kappa shape index (κ1) is 17.3. The molecule has 126 valence electrons. The van der Waals surface area contributed by atoms with Gasteiger partial charge in [0, 0.05) is 27.5 Å². The Hall–Kier alpha value is -2.48. The van der Waals surface area contributed by atoms with Crippen molar-refractivity contribution in [2.24, 2.45) is 0 Å². The molecule has 3 rings (SSSR count). The lowest BCUT2D eigenvalue weighted by Crippen LogP contribution is -2.15. The lowest BCUT2D eigenvalue weighted by atomic mass is 10.2. The van der Waals surface area contributed by atoms with Crippen LogP contribution in [0.2, 0.25) is 5.02 Å². The molecule has 3 nitrogen and oxygen atoms in total. The van der Waals surface area contributed by atoms with Crippen LogP contribution in [0.4, 0.5) is 0 Å². The first-order valence-electron chi connectivity index (χ1n) is 7.66. The zero-order valence-corrected chi connectivity index (χ0v) is 15.4. The summed E-state index contributed by atoms with van der Waals surface area (Å²) in [5.74, 6) is 6.05. The summed E-state index contributed by atoms with van der Waals surface area (Å²) in [7, 11) is -3.59. The Bertz CT molecular complexity index is 1050. The molecule has 0 N–H and O–H groups in total. The van der Waals surface area contributed by atoms with Gasteiger partial charge in [-0.2, -0.15) is 0 Å². The van der Waals surface area contributed by atoms with Crippen LogP contribution in [-0.4, -0.2) is 12.4 Å². The molecule has 5 heteroatoms. The van der Waals surface area contributed by atoms with Crippen molar-refractivity contribution in [3.63, 3.8) is 0 Å². The number of aromatic nitrogens is 1. The second kappa shape index (κ2) is 6.79. The Labute approximate surface area is 152 Å². The molecule has 0 radical (unpaired) electrons. The topological polar surface area (TPSA) is 39.1 Å². The molecule has 0 bridgehead atoms. The van der Waals surface area contributed by atoms with Crippen molar-refractivity contribution in [2.45, 2.75) is 18.7 Å². The van der Waals surface area contributed by atoms with Crippen molar-refractivity contribution in [3.8, 4) is 11.8 Å². The quantitative estimate of drug-likeness (QED) is 0.628. The summed E-state index contributed by atoms with van der Waals surface area (Å²) in [6.45, 7) is 3.55. The molecule has 0 fully saturated rings. The second-order valence-electron chi connectivity index (χ2n) is 5.67. The lowest BCUT2D eigenvalue weighted by Gasteiger charge is -2.10. The Morgan fingerprint density at radius 3 is 1.68 bits per heavy atom. The molecule has 0 aliphatic rings. The number of rotatable bonds is 2. The van der Waals surface area contributed by atoms with Crippen LogP contribution < -0.4 is 0 Å². The van der Waals surface area contributed by atoms with E-state index in [0.29, 0.717) is 16.4 Å². The molecule has 1 heterocycles. The van der Waals surface area contributed by atoms with E-state index in [0.717, 1.165) is 11.1 Å². The number of aryl methyl sites for hydroxylation is 2. The molecule has 0 aliphatic carbocycles. The molecule has 0 spiro atoms. The number of hydrogen-bond donors (Lipinski definition) is 0. The summed E-state index contributed by atoms with van der Waals surface area (Å²) in [5, 5.41) is 0.663. The molecule has 0 atom stereocenters. The van der Waals surface area contributed by atoms with Gasteiger partial charge >= 0.3 is 0 Å². The van der Waals surface area contributed by atoms with Crippen LogP contribution in [0.25, 0.3) is 0 Å². The molecule has 0 saturated carbocycles. The highest BCUT2D eigenvalue weighted by molar-refractivity contribution is 7.90. The van der Waals surface area contributed by atoms with Gasteiger partial charge in [-0.05, 0) is 74.5 Å². The molecule has 0 amide bonds. The zero-order valence-electron chi connectivity index (χ0n) is 13.8. The minimum Gasteiger partial charge on any atom is -0.243 e. The van der Waals surface area contributed by atoms with Gasteiger partial charge in [-0.3, -0.25) is 0 Å². The van der Waals surface area contributed by atoms with Crippen molar-refractivity contribution in [2.75, 3.05) is 0 Å². The van der Waals surface area contributed by atoms with Crippen LogP contribution in [0.15, 0.2) is 65.6 Å². The maximum Gasteiger partial charge on any atom is 0.268 e. The van der Waals surface area contributed by atoms with Gasteiger partial charge in [0.15, 0.2) is 0 Å². The summed E-state index contributed by atoms with van der Waals surface area (Å²) < 4.78 is 26.9. The molecule has 1 aromatic heterocycles. The average Bonchev–Trinajstić information content (AvgIpc) is 2.94. The first-order valence-corrected chi connectivity index (χ1v) is 9.48. The van der Waals surface area contributed by atoms with E-state index in [2.05, 4.69) is 11.8 Å². The normalized spacial score (nSPS) is 11.0. The first-order chi connectivity index (χ1) is 11.9. The monoisotopic (exact) mass is 369 g/mol. The predicted octanol–water partition coefficient (Wildman–Crippen LogP) is 4.40. The van der Waals surface area contributed by atoms with Crippen molar-refractivity contribution < 1.29 is 8.42 Å². The number of hydrogen-bond acceptors (Lipinski definition) is 2. The van der Waals surface area contributed by atoms with E-state index in [-0.39, 0.29) is 4.90 Å². The minimum atomic E-state index is -3.59. The van der Waals surface area contributed by atoms with Crippen LogP contribution >= 0.6 is 11.6 Å². The Morgan fingerprint density at radius 1 is 0.760 bits per heavy atom. The fourth-order valence-corrected chi connectivity index (χ4v) is 4.22. The average molecular weight is 370 g/mol. The Kier molecular flexibility index (Phi) is 4.71. The molecule has 3 aromatic rings. The largest absolute Gasteiger partial charge is 0.268 e. The van der Waals surface area contributed by atoms with E-state index in [1.165, 1.54) is 3.97 Å². The fourth-order valence-electron chi connectivity index (χ4n) is 2.53. The van der Waals surface area contributed by atoms with Crippen molar-refractivity contribution in [1.82, 2.24) is 3.97 Å². The van der Waals surface area contributed by atoms with Crippen LogP contribution in [0.5, 0.6) is 0 Å². The van der Waals surface area contributed by atoms with E-state index in [4.69, 9.17) is 11.6 Å². The van der Waals surface area contributed by atoms with E-state index in [9.17, 15) is 8.42 Å². The van der Waals surface area contributed by atoms with Crippen molar-refractivity contribution in [1.29, 1.82) is 0 Å². The maximum absolute atomic E-state index is 12.8.